The van der Waals surface area contributed by atoms with Crippen molar-refractivity contribution in [2.45, 2.75) is 18.9 Å². The lowest BCUT2D eigenvalue weighted by atomic mass is 9.96. The van der Waals surface area contributed by atoms with Gasteiger partial charge in [-0.05, 0) is 45.9 Å². The lowest BCUT2D eigenvalue weighted by Crippen LogP contribution is -2.38. The molecule has 2 aliphatic rings. The maximum Gasteiger partial charge on any atom is 0.0936 e. The topological polar surface area (TPSA) is 19.0 Å². The Hall–Kier alpha value is -0.120. The van der Waals surface area contributed by atoms with E-state index in [-0.39, 0.29) is 0 Å². The van der Waals surface area contributed by atoms with Gasteiger partial charge in [0.25, 0.3) is 0 Å². The molecule has 3 heteroatoms. The van der Waals surface area contributed by atoms with Crippen LogP contribution in [0.3, 0.4) is 0 Å². The largest absolute Gasteiger partial charge is 0.372 e. The molecule has 0 amide bonds. The number of epoxide rings is 1. The van der Waals surface area contributed by atoms with Gasteiger partial charge in [-0.3, -0.25) is 0 Å². The molecule has 14 heavy (non-hydrogen) atoms. The first kappa shape index (κ1) is 10.4. The molecular weight excluding hydrogens is 176 g/mol. The van der Waals surface area contributed by atoms with Gasteiger partial charge in [-0.1, -0.05) is 0 Å². The van der Waals surface area contributed by atoms with E-state index >= 15 is 0 Å². The number of piperidine rings is 1. The molecule has 0 bridgehead atoms. The highest BCUT2D eigenvalue weighted by Crippen LogP contribution is 2.20. The number of hydrogen-bond acceptors (Lipinski definition) is 3. The summed E-state index contributed by atoms with van der Waals surface area (Å²) in [5.41, 5.74) is 0. The maximum atomic E-state index is 5.25. The molecule has 0 spiro atoms. The third kappa shape index (κ3) is 3.23. The molecule has 0 aromatic carbocycles. The van der Waals surface area contributed by atoms with Crippen LogP contribution in [0.25, 0.3) is 0 Å². The predicted molar refractivity (Wildman–Crippen MR) is 57.5 cm³/mol. The van der Waals surface area contributed by atoms with Gasteiger partial charge in [0.05, 0.1) is 12.7 Å². The Morgan fingerprint density at radius 1 is 1.29 bits per heavy atom. The lowest BCUT2D eigenvalue weighted by molar-refractivity contribution is 0.152. The van der Waals surface area contributed by atoms with Crippen LogP contribution in [0.4, 0.5) is 0 Å². The van der Waals surface area contributed by atoms with Gasteiger partial charge in [0.15, 0.2) is 0 Å². The van der Waals surface area contributed by atoms with E-state index in [1.54, 1.807) is 0 Å². The van der Waals surface area contributed by atoms with Crippen LogP contribution in [0.5, 0.6) is 0 Å². The molecule has 2 fully saturated rings. The second-order valence-electron chi connectivity index (χ2n) is 4.96. The summed E-state index contributed by atoms with van der Waals surface area (Å²) in [7, 11) is 4.34. The lowest BCUT2D eigenvalue weighted by Gasteiger charge is -2.32. The van der Waals surface area contributed by atoms with Gasteiger partial charge >= 0.3 is 0 Å². The van der Waals surface area contributed by atoms with Crippen molar-refractivity contribution >= 4 is 0 Å². The summed E-state index contributed by atoms with van der Waals surface area (Å²) in [6.07, 6.45) is 3.30. The molecule has 0 aromatic heterocycles. The highest BCUT2D eigenvalue weighted by molar-refractivity contribution is 4.79. The second kappa shape index (κ2) is 4.60. The van der Waals surface area contributed by atoms with Gasteiger partial charge in [-0.25, -0.2) is 0 Å². The Morgan fingerprint density at radius 3 is 2.43 bits per heavy atom. The van der Waals surface area contributed by atoms with Crippen LogP contribution in [0.15, 0.2) is 0 Å². The average molecular weight is 198 g/mol. The van der Waals surface area contributed by atoms with Crippen LogP contribution in [0, 0.1) is 5.92 Å². The summed E-state index contributed by atoms with van der Waals surface area (Å²) in [5.74, 6) is 0.918. The van der Waals surface area contributed by atoms with E-state index in [0.717, 1.165) is 12.5 Å². The van der Waals surface area contributed by atoms with Crippen LogP contribution < -0.4 is 0 Å². The quantitative estimate of drug-likeness (QED) is 0.618. The van der Waals surface area contributed by atoms with Gasteiger partial charge in [0.2, 0.25) is 0 Å². The van der Waals surface area contributed by atoms with Crippen LogP contribution in [-0.4, -0.2) is 62.8 Å². The fourth-order valence-electron chi connectivity index (χ4n) is 2.33. The standard InChI is InChI=1S/C11H22N2O/c1-12(2)7-10-3-5-13(6-4-10)8-11-9-14-11/h10-11H,3-9H2,1-2H3. The van der Waals surface area contributed by atoms with Crippen molar-refractivity contribution in [1.82, 2.24) is 9.80 Å². The van der Waals surface area contributed by atoms with Crippen LogP contribution in [0.1, 0.15) is 12.8 Å². The first-order valence-corrected chi connectivity index (χ1v) is 5.72. The van der Waals surface area contributed by atoms with E-state index in [1.807, 2.05) is 0 Å². The summed E-state index contributed by atoms with van der Waals surface area (Å²) in [6.45, 7) is 5.98. The van der Waals surface area contributed by atoms with E-state index in [1.165, 1.54) is 39.0 Å². The fourth-order valence-corrected chi connectivity index (χ4v) is 2.33. The number of ether oxygens (including phenoxy) is 1. The predicted octanol–water partition coefficient (Wildman–Crippen LogP) is 0.659. The van der Waals surface area contributed by atoms with Gasteiger partial charge in [-0.15, -0.1) is 0 Å². The first-order chi connectivity index (χ1) is 6.74. The minimum Gasteiger partial charge on any atom is -0.372 e. The van der Waals surface area contributed by atoms with E-state index in [9.17, 15) is 0 Å². The molecule has 0 saturated carbocycles. The van der Waals surface area contributed by atoms with E-state index < -0.39 is 0 Å². The van der Waals surface area contributed by atoms with E-state index in [0.29, 0.717) is 6.10 Å². The molecule has 2 heterocycles. The zero-order chi connectivity index (χ0) is 9.97. The van der Waals surface area contributed by atoms with Crippen LogP contribution in [-0.2, 0) is 4.74 Å². The third-order valence-corrected chi connectivity index (χ3v) is 3.19. The Labute approximate surface area is 87.0 Å². The Bertz CT molecular complexity index is 160. The average Bonchev–Trinajstić information content (AvgIpc) is 2.91. The molecule has 1 atom stereocenters. The summed E-state index contributed by atoms with van der Waals surface area (Å²) in [5, 5.41) is 0. The van der Waals surface area contributed by atoms with E-state index in [4.69, 9.17) is 4.74 Å². The number of hydrogen-bond donors (Lipinski definition) is 0. The Morgan fingerprint density at radius 2 is 1.93 bits per heavy atom. The van der Waals surface area contributed by atoms with Crippen molar-refractivity contribution in [3.8, 4) is 0 Å². The smallest absolute Gasteiger partial charge is 0.0936 e. The van der Waals surface area contributed by atoms with Crippen LogP contribution >= 0.6 is 0 Å². The van der Waals surface area contributed by atoms with Crippen molar-refractivity contribution in [3.05, 3.63) is 0 Å². The normalized spacial score (nSPS) is 29.8. The molecule has 3 nitrogen and oxygen atoms in total. The van der Waals surface area contributed by atoms with Crippen molar-refractivity contribution in [1.29, 1.82) is 0 Å². The highest BCUT2D eigenvalue weighted by atomic mass is 16.6. The molecule has 0 N–H and O–H groups in total. The van der Waals surface area contributed by atoms with Gasteiger partial charge in [0, 0.05) is 13.1 Å². The van der Waals surface area contributed by atoms with Gasteiger partial charge < -0.3 is 14.5 Å². The molecule has 0 radical (unpaired) electrons. The molecular formula is C11H22N2O. The molecule has 82 valence electrons. The van der Waals surface area contributed by atoms with Gasteiger partial charge in [-0.2, -0.15) is 0 Å². The summed E-state index contributed by atoms with van der Waals surface area (Å²) >= 11 is 0. The maximum absolute atomic E-state index is 5.25. The molecule has 1 unspecified atom stereocenters. The SMILES string of the molecule is CN(C)CC1CCN(CC2CO2)CC1. The Balaban J connectivity index is 1.63. The summed E-state index contributed by atoms with van der Waals surface area (Å²) in [4.78, 5) is 4.87. The van der Waals surface area contributed by atoms with Crippen molar-refractivity contribution in [3.63, 3.8) is 0 Å². The zero-order valence-corrected chi connectivity index (χ0v) is 9.41. The highest BCUT2D eigenvalue weighted by Gasteiger charge is 2.27. The third-order valence-electron chi connectivity index (χ3n) is 3.19. The van der Waals surface area contributed by atoms with Crippen molar-refractivity contribution in [2.24, 2.45) is 5.92 Å². The van der Waals surface area contributed by atoms with Crippen molar-refractivity contribution < 1.29 is 4.74 Å². The number of likely N-dealkylation sites (tertiary alicyclic amines) is 1. The monoisotopic (exact) mass is 198 g/mol. The molecule has 0 aromatic rings. The first-order valence-electron chi connectivity index (χ1n) is 5.72. The van der Waals surface area contributed by atoms with E-state index in [2.05, 4.69) is 23.9 Å². The van der Waals surface area contributed by atoms with Crippen molar-refractivity contribution in [2.75, 3.05) is 46.9 Å². The molecule has 2 rings (SSSR count). The number of rotatable bonds is 4. The molecule has 2 aliphatic heterocycles. The molecule has 2 saturated heterocycles. The Kier molecular flexibility index (Phi) is 3.42. The zero-order valence-electron chi connectivity index (χ0n) is 9.41. The second-order valence-corrected chi connectivity index (χ2v) is 4.96. The number of nitrogens with zero attached hydrogens (tertiary/aromatic N) is 2. The minimum atomic E-state index is 0.570. The van der Waals surface area contributed by atoms with Crippen LogP contribution in [0.2, 0.25) is 0 Å². The summed E-state index contributed by atoms with van der Waals surface area (Å²) < 4.78 is 5.25. The summed E-state index contributed by atoms with van der Waals surface area (Å²) in [6, 6.07) is 0. The molecule has 0 aliphatic carbocycles. The van der Waals surface area contributed by atoms with Gasteiger partial charge in [0.1, 0.15) is 0 Å². The minimum absolute atomic E-state index is 0.570. The fraction of sp³-hybridized carbons (Fsp3) is 1.00.